The first-order chi connectivity index (χ1) is 14.2. The van der Waals surface area contributed by atoms with Gasteiger partial charge in [-0.2, -0.15) is 5.10 Å². The number of nitrogens with zero attached hydrogens (tertiary/aromatic N) is 2. The van der Waals surface area contributed by atoms with Crippen LogP contribution < -0.4 is 10.6 Å². The van der Waals surface area contributed by atoms with E-state index in [-0.39, 0.29) is 11.7 Å². The van der Waals surface area contributed by atoms with Crippen LogP contribution in [0.5, 0.6) is 0 Å². The largest absolute Gasteiger partial charge is 0.422 e. The topological polar surface area (TPSA) is 45.8 Å². The molecule has 0 radical (unpaired) electrons. The van der Waals surface area contributed by atoms with E-state index in [1.54, 1.807) is 6.07 Å². The van der Waals surface area contributed by atoms with Crippen molar-refractivity contribution < 1.29 is 4.42 Å². The van der Waals surface area contributed by atoms with Crippen molar-refractivity contribution in [3.63, 3.8) is 0 Å². The highest BCUT2D eigenvalue weighted by Gasteiger charge is 2.31. The highest BCUT2D eigenvalue weighted by Crippen LogP contribution is 2.36. The summed E-state index contributed by atoms with van der Waals surface area (Å²) in [4.78, 5) is 12.7. The van der Waals surface area contributed by atoms with Gasteiger partial charge < -0.3 is 4.42 Å². The summed E-state index contributed by atoms with van der Waals surface area (Å²) in [6, 6.07) is 27.7. The predicted octanol–water partition coefficient (Wildman–Crippen LogP) is 5.91. The minimum Gasteiger partial charge on any atom is -0.422 e. The Morgan fingerprint density at radius 1 is 0.931 bits per heavy atom. The number of hydrogen-bond donors (Lipinski definition) is 0. The molecule has 0 bridgehead atoms. The van der Waals surface area contributed by atoms with Crippen molar-refractivity contribution in [3.8, 4) is 0 Å². The monoisotopic (exact) mass is 444 g/mol. The van der Waals surface area contributed by atoms with E-state index in [1.165, 1.54) is 0 Å². The quantitative estimate of drug-likeness (QED) is 0.369. The van der Waals surface area contributed by atoms with Crippen molar-refractivity contribution in [2.24, 2.45) is 5.10 Å². The molecule has 4 nitrogen and oxygen atoms in total. The fraction of sp³-hybridized carbons (Fsp3) is 0.0833. The van der Waals surface area contributed by atoms with Gasteiger partial charge in [0.1, 0.15) is 5.58 Å². The molecule has 2 heterocycles. The molecule has 4 aromatic rings. The van der Waals surface area contributed by atoms with E-state index in [1.807, 2.05) is 71.7 Å². The van der Waals surface area contributed by atoms with Gasteiger partial charge in [0.05, 0.1) is 23.0 Å². The molecule has 0 saturated heterocycles. The van der Waals surface area contributed by atoms with Crippen LogP contribution in [0.25, 0.3) is 11.0 Å². The minimum absolute atomic E-state index is 0.00590. The highest BCUT2D eigenvalue weighted by atomic mass is 79.9. The third-order valence-electron chi connectivity index (χ3n) is 5.14. The van der Waals surface area contributed by atoms with Crippen molar-refractivity contribution in [2.75, 3.05) is 5.01 Å². The summed E-state index contributed by atoms with van der Waals surface area (Å²) >= 11 is 3.50. The summed E-state index contributed by atoms with van der Waals surface area (Å²) in [7, 11) is 0. The molecule has 1 aliphatic heterocycles. The molecular weight excluding hydrogens is 428 g/mol. The lowest BCUT2D eigenvalue weighted by molar-refractivity contribution is 0.559. The fourth-order valence-electron chi connectivity index (χ4n) is 3.70. The number of benzene rings is 3. The number of hydrazone groups is 1. The van der Waals surface area contributed by atoms with Crippen LogP contribution in [0.15, 0.2) is 104 Å². The lowest BCUT2D eigenvalue weighted by Gasteiger charge is -2.24. The van der Waals surface area contributed by atoms with E-state index >= 15 is 0 Å². The minimum atomic E-state index is -0.355. The van der Waals surface area contributed by atoms with Gasteiger partial charge in [0.25, 0.3) is 0 Å². The van der Waals surface area contributed by atoms with Crippen LogP contribution >= 0.6 is 15.9 Å². The zero-order valence-electron chi connectivity index (χ0n) is 15.5. The molecule has 5 rings (SSSR count). The van der Waals surface area contributed by atoms with E-state index < -0.39 is 0 Å². The molecule has 29 heavy (non-hydrogen) atoms. The number of para-hydroxylation sites is 2. The summed E-state index contributed by atoms with van der Waals surface area (Å²) in [6.07, 6.45) is 0.625. The third-order valence-corrected chi connectivity index (χ3v) is 5.67. The maximum atomic E-state index is 12.7. The lowest BCUT2D eigenvalue weighted by Crippen LogP contribution is -2.18. The van der Waals surface area contributed by atoms with Gasteiger partial charge in [0.2, 0.25) is 0 Å². The fourth-order valence-corrected chi connectivity index (χ4v) is 3.96. The molecule has 0 saturated carbocycles. The van der Waals surface area contributed by atoms with E-state index in [4.69, 9.17) is 9.52 Å². The first-order valence-corrected chi connectivity index (χ1v) is 10.2. The van der Waals surface area contributed by atoms with Crippen LogP contribution in [0, 0.1) is 0 Å². The molecule has 1 atom stereocenters. The zero-order valence-corrected chi connectivity index (χ0v) is 17.0. The van der Waals surface area contributed by atoms with E-state index in [9.17, 15) is 4.79 Å². The molecule has 0 unspecified atom stereocenters. The van der Waals surface area contributed by atoms with Crippen LogP contribution in [0.4, 0.5) is 5.69 Å². The molecule has 0 spiro atoms. The van der Waals surface area contributed by atoms with Gasteiger partial charge in [-0.05, 0) is 42.0 Å². The normalized spacial score (nSPS) is 16.2. The summed E-state index contributed by atoms with van der Waals surface area (Å²) in [5.74, 6) is 0. The van der Waals surface area contributed by atoms with Gasteiger partial charge in [-0.25, -0.2) is 4.79 Å². The number of halogens is 1. The second kappa shape index (κ2) is 7.33. The van der Waals surface area contributed by atoms with Crippen molar-refractivity contribution >= 4 is 38.3 Å². The van der Waals surface area contributed by atoms with Crippen molar-refractivity contribution in [2.45, 2.75) is 12.5 Å². The van der Waals surface area contributed by atoms with Crippen LogP contribution in [0.1, 0.15) is 23.6 Å². The van der Waals surface area contributed by atoms with Crippen LogP contribution in [-0.2, 0) is 0 Å². The molecular formula is C24H17BrN2O2. The van der Waals surface area contributed by atoms with Crippen molar-refractivity contribution in [1.82, 2.24) is 0 Å². The molecule has 0 fully saturated rings. The molecule has 0 N–H and O–H groups in total. The second-order valence-electron chi connectivity index (χ2n) is 6.98. The molecule has 5 heteroatoms. The SMILES string of the molecule is O=c1oc2ccccc2cc1C1=NN(c2ccccc2)[C@H](c2ccc(Br)cc2)C1. The Morgan fingerprint density at radius 3 is 2.45 bits per heavy atom. The van der Waals surface area contributed by atoms with E-state index in [0.29, 0.717) is 17.6 Å². The maximum absolute atomic E-state index is 12.7. The number of fused-ring (bicyclic) bond motifs is 1. The van der Waals surface area contributed by atoms with Gasteiger partial charge in [-0.1, -0.05) is 64.5 Å². The Labute approximate surface area is 176 Å². The van der Waals surface area contributed by atoms with Crippen LogP contribution in [0.2, 0.25) is 0 Å². The average Bonchev–Trinajstić information content (AvgIpc) is 3.19. The molecule has 1 aliphatic rings. The molecule has 1 aromatic heterocycles. The second-order valence-corrected chi connectivity index (χ2v) is 7.90. The Morgan fingerprint density at radius 2 is 1.66 bits per heavy atom. The summed E-state index contributed by atoms with van der Waals surface area (Å²) in [6.45, 7) is 0. The summed E-state index contributed by atoms with van der Waals surface area (Å²) in [5.41, 5.74) is 3.61. The smallest absolute Gasteiger partial charge is 0.345 e. The number of rotatable bonds is 3. The predicted molar refractivity (Wildman–Crippen MR) is 119 cm³/mol. The molecule has 0 amide bonds. The van der Waals surface area contributed by atoms with Gasteiger partial charge in [-0.15, -0.1) is 0 Å². The third kappa shape index (κ3) is 3.38. The molecule has 142 valence electrons. The summed E-state index contributed by atoms with van der Waals surface area (Å²) in [5, 5.41) is 7.74. The van der Waals surface area contributed by atoms with Crippen molar-refractivity contribution in [1.29, 1.82) is 0 Å². The lowest BCUT2D eigenvalue weighted by atomic mass is 9.98. The maximum Gasteiger partial charge on any atom is 0.345 e. The number of anilines is 1. The highest BCUT2D eigenvalue weighted by molar-refractivity contribution is 9.10. The molecule has 3 aromatic carbocycles. The van der Waals surface area contributed by atoms with E-state index in [0.717, 1.165) is 26.8 Å². The van der Waals surface area contributed by atoms with Crippen LogP contribution in [0.3, 0.4) is 0 Å². The first-order valence-electron chi connectivity index (χ1n) is 9.39. The summed E-state index contributed by atoms with van der Waals surface area (Å²) < 4.78 is 6.57. The van der Waals surface area contributed by atoms with Crippen LogP contribution in [-0.4, -0.2) is 5.71 Å². The van der Waals surface area contributed by atoms with Gasteiger partial charge in [0.15, 0.2) is 0 Å². The van der Waals surface area contributed by atoms with Gasteiger partial charge in [-0.3, -0.25) is 5.01 Å². The Hall–Kier alpha value is -3.18. The Balaban J connectivity index is 1.61. The van der Waals surface area contributed by atoms with Gasteiger partial charge >= 0.3 is 5.63 Å². The Kier molecular flexibility index (Phi) is 4.52. The molecule has 0 aliphatic carbocycles. The van der Waals surface area contributed by atoms with Crippen molar-refractivity contribution in [3.05, 3.63) is 111 Å². The average molecular weight is 445 g/mol. The number of hydrogen-bond acceptors (Lipinski definition) is 4. The standard InChI is InChI=1S/C24H17BrN2O2/c25-18-12-10-16(11-13-18)22-15-21(26-27(22)19-7-2-1-3-8-19)20-14-17-6-4-5-9-23(17)29-24(20)28/h1-14,22H,15H2/t22-/m0/s1. The first kappa shape index (κ1) is 17.9. The zero-order chi connectivity index (χ0) is 19.8. The Bertz CT molecular complexity index is 1260. The van der Waals surface area contributed by atoms with Gasteiger partial charge in [0, 0.05) is 16.3 Å². The van der Waals surface area contributed by atoms with E-state index in [2.05, 4.69) is 28.1 Å².